The second-order valence-electron chi connectivity index (χ2n) is 2.33. The molecule has 0 rings (SSSR count). The van der Waals surface area contributed by atoms with Crippen molar-refractivity contribution < 1.29 is 5.11 Å². The molecule has 0 bridgehead atoms. The van der Waals surface area contributed by atoms with Gasteiger partial charge in [-0.05, 0) is 13.5 Å². The summed E-state index contributed by atoms with van der Waals surface area (Å²) in [6.45, 7) is 6.91. The smallest absolute Gasteiger partial charge is 0.0558 e. The van der Waals surface area contributed by atoms with E-state index in [1.165, 1.54) is 0 Å². The van der Waals surface area contributed by atoms with Gasteiger partial charge in [-0.15, -0.1) is 11.8 Å². The molecule has 0 aliphatic carbocycles. The molecule has 0 atom stereocenters. The highest BCUT2D eigenvalue weighted by Crippen LogP contribution is 1.88. The van der Waals surface area contributed by atoms with Gasteiger partial charge in [0.1, 0.15) is 0 Å². The summed E-state index contributed by atoms with van der Waals surface area (Å²) in [5.74, 6) is 5.85. The Kier molecular flexibility index (Phi) is 7.23. The van der Waals surface area contributed by atoms with E-state index in [1.807, 2.05) is 6.92 Å². The summed E-state index contributed by atoms with van der Waals surface area (Å²) in [5.41, 5.74) is 0. The van der Waals surface area contributed by atoms with E-state index in [0.717, 1.165) is 26.1 Å². The van der Waals surface area contributed by atoms with Crippen molar-refractivity contribution in [3.05, 3.63) is 0 Å². The van der Waals surface area contributed by atoms with Crippen LogP contribution < -0.4 is 0 Å². The standard InChI is InChI=1S/C9H17NO/c1-3-5-6-7-10(4-2)8-9-11/h11H,4,6-9H2,1-2H3. The maximum Gasteiger partial charge on any atom is 0.0558 e. The monoisotopic (exact) mass is 155 g/mol. The number of aliphatic hydroxyl groups is 1. The summed E-state index contributed by atoms with van der Waals surface area (Å²) >= 11 is 0. The number of hydrogen-bond donors (Lipinski definition) is 1. The predicted octanol–water partition coefficient (Wildman–Crippen LogP) is 0.714. The normalized spacial score (nSPS) is 9.45. The van der Waals surface area contributed by atoms with Gasteiger partial charge in [0.15, 0.2) is 0 Å². The molecule has 0 aliphatic rings. The minimum Gasteiger partial charge on any atom is -0.395 e. The van der Waals surface area contributed by atoms with Crippen molar-refractivity contribution in [1.82, 2.24) is 4.90 Å². The van der Waals surface area contributed by atoms with Crippen LogP contribution in [0.5, 0.6) is 0 Å². The van der Waals surface area contributed by atoms with Crippen molar-refractivity contribution in [2.75, 3.05) is 26.2 Å². The Hall–Kier alpha value is -0.520. The molecule has 0 spiro atoms. The highest BCUT2D eigenvalue weighted by molar-refractivity contribution is 4.95. The minimum atomic E-state index is 0.243. The van der Waals surface area contributed by atoms with Gasteiger partial charge in [-0.1, -0.05) is 6.92 Å². The molecule has 0 unspecified atom stereocenters. The van der Waals surface area contributed by atoms with Crippen LogP contribution in [-0.4, -0.2) is 36.2 Å². The molecule has 0 aromatic heterocycles. The summed E-state index contributed by atoms with van der Waals surface area (Å²) in [4.78, 5) is 2.18. The van der Waals surface area contributed by atoms with Crippen LogP contribution in [0.4, 0.5) is 0 Å². The van der Waals surface area contributed by atoms with E-state index in [2.05, 4.69) is 23.7 Å². The molecule has 0 fully saturated rings. The van der Waals surface area contributed by atoms with Crippen LogP contribution in [0.3, 0.4) is 0 Å². The number of aliphatic hydroxyl groups excluding tert-OH is 1. The third kappa shape index (κ3) is 5.90. The molecule has 0 saturated carbocycles. The van der Waals surface area contributed by atoms with Crippen LogP contribution in [-0.2, 0) is 0 Å². The Morgan fingerprint density at radius 1 is 1.36 bits per heavy atom. The Labute approximate surface area is 69.2 Å². The van der Waals surface area contributed by atoms with Crippen LogP contribution in [0.15, 0.2) is 0 Å². The van der Waals surface area contributed by atoms with E-state index >= 15 is 0 Å². The summed E-state index contributed by atoms with van der Waals surface area (Å²) < 4.78 is 0. The largest absolute Gasteiger partial charge is 0.395 e. The Morgan fingerprint density at radius 2 is 2.09 bits per heavy atom. The number of likely N-dealkylation sites (N-methyl/N-ethyl adjacent to an activating group) is 1. The van der Waals surface area contributed by atoms with Crippen molar-refractivity contribution in [1.29, 1.82) is 0 Å². The van der Waals surface area contributed by atoms with E-state index in [1.54, 1.807) is 0 Å². The van der Waals surface area contributed by atoms with Gasteiger partial charge in [-0.2, -0.15) is 0 Å². The van der Waals surface area contributed by atoms with Crippen LogP contribution in [0.1, 0.15) is 20.3 Å². The first-order valence-electron chi connectivity index (χ1n) is 4.08. The quantitative estimate of drug-likeness (QED) is 0.591. The van der Waals surface area contributed by atoms with Crippen LogP contribution in [0.2, 0.25) is 0 Å². The van der Waals surface area contributed by atoms with Gasteiger partial charge in [0, 0.05) is 19.5 Å². The van der Waals surface area contributed by atoms with E-state index in [-0.39, 0.29) is 6.61 Å². The molecule has 0 saturated heterocycles. The molecule has 0 amide bonds. The van der Waals surface area contributed by atoms with Gasteiger partial charge in [0.05, 0.1) is 6.61 Å². The average molecular weight is 155 g/mol. The average Bonchev–Trinajstić information content (AvgIpc) is 2.03. The van der Waals surface area contributed by atoms with Gasteiger partial charge in [0.2, 0.25) is 0 Å². The van der Waals surface area contributed by atoms with Crippen molar-refractivity contribution in [2.45, 2.75) is 20.3 Å². The molecule has 1 N–H and O–H groups in total. The Bertz CT molecular complexity index is 134. The lowest BCUT2D eigenvalue weighted by molar-refractivity contribution is 0.205. The third-order valence-electron chi connectivity index (χ3n) is 1.59. The molecular weight excluding hydrogens is 138 g/mol. The zero-order valence-corrected chi connectivity index (χ0v) is 7.43. The molecule has 0 aromatic carbocycles. The molecule has 0 radical (unpaired) electrons. The summed E-state index contributed by atoms with van der Waals surface area (Å²) in [5, 5.41) is 8.65. The molecule has 0 heterocycles. The minimum absolute atomic E-state index is 0.243. The van der Waals surface area contributed by atoms with Gasteiger partial charge in [-0.3, -0.25) is 0 Å². The lowest BCUT2D eigenvalue weighted by atomic mass is 10.3. The topological polar surface area (TPSA) is 23.5 Å². The van der Waals surface area contributed by atoms with Crippen molar-refractivity contribution in [3.8, 4) is 11.8 Å². The number of hydrogen-bond acceptors (Lipinski definition) is 2. The van der Waals surface area contributed by atoms with Gasteiger partial charge in [-0.25, -0.2) is 0 Å². The Morgan fingerprint density at radius 3 is 2.55 bits per heavy atom. The fourth-order valence-electron chi connectivity index (χ4n) is 0.908. The van der Waals surface area contributed by atoms with E-state index < -0.39 is 0 Å². The van der Waals surface area contributed by atoms with Crippen molar-refractivity contribution >= 4 is 0 Å². The molecule has 2 nitrogen and oxygen atoms in total. The first-order chi connectivity index (χ1) is 5.35. The number of nitrogens with zero attached hydrogens (tertiary/aromatic N) is 1. The van der Waals surface area contributed by atoms with Crippen molar-refractivity contribution in [3.63, 3.8) is 0 Å². The van der Waals surface area contributed by atoms with Gasteiger partial charge < -0.3 is 10.0 Å². The highest BCUT2D eigenvalue weighted by atomic mass is 16.3. The van der Waals surface area contributed by atoms with Crippen LogP contribution in [0.25, 0.3) is 0 Å². The SMILES string of the molecule is CC#CCCN(CC)CCO. The maximum absolute atomic E-state index is 8.65. The molecule has 11 heavy (non-hydrogen) atoms. The van der Waals surface area contributed by atoms with Gasteiger partial charge >= 0.3 is 0 Å². The highest BCUT2D eigenvalue weighted by Gasteiger charge is 1.97. The lowest BCUT2D eigenvalue weighted by Gasteiger charge is -2.16. The lowest BCUT2D eigenvalue weighted by Crippen LogP contribution is -2.27. The second kappa shape index (κ2) is 7.59. The summed E-state index contributed by atoms with van der Waals surface area (Å²) in [7, 11) is 0. The molecular formula is C9H17NO. The second-order valence-corrected chi connectivity index (χ2v) is 2.33. The molecule has 0 aromatic rings. The van der Waals surface area contributed by atoms with E-state index in [4.69, 9.17) is 5.11 Å². The first-order valence-corrected chi connectivity index (χ1v) is 4.08. The first kappa shape index (κ1) is 10.5. The fraction of sp³-hybridized carbons (Fsp3) is 0.778. The third-order valence-corrected chi connectivity index (χ3v) is 1.59. The Balaban J connectivity index is 3.40. The molecule has 2 heteroatoms. The molecule has 64 valence electrons. The zero-order valence-electron chi connectivity index (χ0n) is 7.43. The van der Waals surface area contributed by atoms with Crippen molar-refractivity contribution in [2.24, 2.45) is 0 Å². The van der Waals surface area contributed by atoms with Crippen LogP contribution in [0, 0.1) is 11.8 Å². The predicted molar refractivity (Wildman–Crippen MR) is 47.3 cm³/mol. The summed E-state index contributed by atoms with van der Waals surface area (Å²) in [6, 6.07) is 0. The van der Waals surface area contributed by atoms with Crippen LogP contribution >= 0.6 is 0 Å². The number of rotatable bonds is 5. The van der Waals surface area contributed by atoms with E-state index in [9.17, 15) is 0 Å². The molecule has 0 aliphatic heterocycles. The maximum atomic E-state index is 8.65. The van der Waals surface area contributed by atoms with Gasteiger partial charge in [0.25, 0.3) is 0 Å². The summed E-state index contributed by atoms with van der Waals surface area (Å²) in [6.07, 6.45) is 0.907. The fourth-order valence-corrected chi connectivity index (χ4v) is 0.908. The zero-order chi connectivity index (χ0) is 8.53. The van der Waals surface area contributed by atoms with E-state index in [0.29, 0.717) is 0 Å².